The minimum Gasteiger partial charge on any atom is -0.474 e. The number of nitriles is 1. The van der Waals surface area contributed by atoms with Gasteiger partial charge in [0.25, 0.3) is 0 Å². The summed E-state index contributed by atoms with van der Waals surface area (Å²) in [5.74, 6) is 0.569. The van der Waals surface area contributed by atoms with E-state index in [2.05, 4.69) is 23.1 Å². The van der Waals surface area contributed by atoms with Crippen LogP contribution in [-0.4, -0.2) is 23.7 Å². The van der Waals surface area contributed by atoms with Crippen molar-refractivity contribution in [2.75, 3.05) is 7.05 Å². The van der Waals surface area contributed by atoms with Crippen LogP contribution in [-0.2, 0) is 12.1 Å². The third kappa shape index (κ3) is 7.37. The van der Waals surface area contributed by atoms with E-state index in [0.717, 1.165) is 12.1 Å². The summed E-state index contributed by atoms with van der Waals surface area (Å²) >= 11 is 0. The van der Waals surface area contributed by atoms with Gasteiger partial charge in [-0.1, -0.05) is 42.5 Å². The summed E-state index contributed by atoms with van der Waals surface area (Å²) in [5, 5.41) is 9.41. The van der Waals surface area contributed by atoms with Gasteiger partial charge in [0, 0.05) is 17.6 Å². The van der Waals surface area contributed by atoms with Crippen LogP contribution in [0.4, 0.5) is 0 Å². The lowest BCUT2D eigenvalue weighted by Gasteiger charge is -2.29. The van der Waals surface area contributed by atoms with Crippen LogP contribution >= 0.6 is 24.8 Å². The number of hydrogen-bond donors (Lipinski definition) is 1. The Morgan fingerprint density at radius 3 is 2.22 bits per heavy atom. The van der Waals surface area contributed by atoms with E-state index in [9.17, 15) is 5.26 Å². The highest BCUT2D eigenvalue weighted by Gasteiger charge is 2.24. The van der Waals surface area contributed by atoms with E-state index < -0.39 is 5.54 Å². The van der Waals surface area contributed by atoms with E-state index in [0.29, 0.717) is 11.3 Å². The average Bonchev–Trinajstić information content (AvgIpc) is 2.54. The molecule has 5 nitrogen and oxygen atoms in total. The number of para-hydroxylation sites is 1. The summed E-state index contributed by atoms with van der Waals surface area (Å²) in [7, 11) is 2.00. The Morgan fingerprint density at radius 2 is 1.70 bits per heavy atom. The molecule has 7 heteroatoms. The summed E-state index contributed by atoms with van der Waals surface area (Å²) in [6.45, 7) is 6.56. The molecule has 2 aromatic carbocycles. The van der Waals surface area contributed by atoms with Gasteiger partial charge in [0.15, 0.2) is 0 Å². The number of rotatable bonds is 6. The highest BCUT2D eigenvalue weighted by Crippen LogP contribution is 2.32. The Morgan fingerprint density at radius 1 is 1.11 bits per heavy atom. The summed E-state index contributed by atoms with van der Waals surface area (Å²) in [4.78, 5) is 2.09. The lowest BCUT2D eigenvalue weighted by molar-refractivity contribution is 0.0531. The first kappa shape index (κ1) is 27.4. The normalized spacial score (nSPS) is 11.3. The molecule has 1 atom stereocenters. The van der Waals surface area contributed by atoms with E-state index in [1.165, 1.54) is 5.56 Å². The molecule has 2 aromatic rings. The van der Waals surface area contributed by atoms with Gasteiger partial charge >= 0.3 is 0 Å². The topological polar surface area (TPSA) is 93.8 Å². The highest BCUT2D eigenvalue weighted by molar-refractivity contribution is 5.85. The standard InChI is InChI=1S/C20H25N3O.2ClH.H2O/c1-15(23(4)14-16-9-6-5-7-10-16)24-19-17(13-21)11-8-12-18(19)20(2,3)22;;;/h5-12,15H,14,22H2,1-4H3;2*1H;1H2. The largest absolute Gasteiger partial charge is 0.474 e. The van der Waals surface area contributed by atoms with E-state index in [-0.39, 0.29) is 36.5 Å². The molecule has 0 saturated heterocycles. The first-order valence-corrected chi connectivity index (χ1v) is 8.06. The lowest BCUT2D eigenvalue weighted by atomic mass is 9.93. The number of halogens is 2. The number of benzene rings is 2. The summed E-state index contributed by atoms with van der Waals surface area (Å²) in [6.07, 6.45) is -0.194. The molecule has 0 aliphatic rings. The first-order valence-electron chi connectivity index (χ1n) is 8.06. The summed E-state index contributed by atoms with van der Waals surface area (Å²) < 4.78 is 6.15. The van der Waals surface area contributed by atoms with Gasteiger partial charge in [0.2, 0.25) is 0 Å². The van der Waals surface area contributed by atoms with Crippen LogP contribution in [0.15, 0.2) is 48.5 Å². The highest BCUT2D eigenvalue weighted by atomic mass is 35.5. The Balaban J connectivity index is 0. The van der Waals surface area contributed by atoms with Gasteiger partial charge in [0.1, 0.15) is 18.0 Å². The molecule has 0 spiro atoms. The Kier molecular flexibility index (Phi) is 12.0. The second kappa shape index (κ2) is 11.8. The fourth-order valence-corrected chi connectivity index (χ4v) is 2.52. The van der Waals surface area contributed by atoms with Gasteiger partial charge in [-0.3, -0.25) is 4.90 Å². The van der Waals surface area contributed by atoms with Crippen molar-refractivity contribution in [3.05, 3.63) is 65.2 Å². The molecule has 2 rings (SSSR count). The maximum Gasteiger partial charge on any atom is 0.149 e. The number of hydrogen-bond acceptors (Lipinski definition) is 4. The Bertz CT molecular complexity index is 728. The first-order chi connectivity index (χ1) is 11.3. The van der Waals surface area contributed by atoms with Crippen LogP contribution in [0.5, 0.6) is 5.75 Å². The van der Waals surface area contributed by atoms with Gasteiger partial charge in [-0.2, -0.15) is 5.26 Å². The van der Waals surface area contributed by atoms with Crippen molar-refractivity contribution in [2.24, 2.45) is 5.73 Å². The van der Waals surface area contributed by atoms with Crippen molar-refractivity contribution >= 4 is 24.8 Å². The van der Waals surface area contributed by atoms with Crippen molar-refractivity contribution in [1.82, 2.24) is 4.90 Å². The summed E-state index contributed by atoms with van der Waals surface area (Å²) in [6, 6.07) is 17.9. The second-order valence-electron chi connectivity index (χ2n) is 6.63. The van der Waals surface area contributed by atoms with Crippen LogP contribution in [0.25, 0.3) is 0 Å². The zero-order valence-electron chi connectivity index (χ0n) is 16.1. The van der Waals surface area contributed by atoms with E-state index in [1.54, 1.807) is 6.07 Å². The van der Waals surface area contributed by atoms with Crippen LogP contribution in [0.1, 0.15) is 37.5 Å². The van der Waals surface area contributed by atoms with Crippen LogP contribution in [0.2, 0.25) is 0 Å². The number of nitrogens with two attached hydrogens (primary N) is 1. The van der Waals surface area contributed by atoms with Crippen LogP contribution in [0, 0.1) is 11.3 Å². The quantitative estimate of drug-likeness (QED) is 0.731. The van der Waals surface area contributed by atoms with Crippen molar-refractivity contribution in [2.45, 2.75) is 39.1 Å². The van der Waals surface area contributed by atoms with E-state index in [4.69, 9.17) is 10.5 Å². The molecule has 0 aliphatic carbocycles. The maximum absolute atomic E-state index is 9.41. The molecule has 0 aromatic heterocycles. The van der Waals surface area contributed by atoms with Gasteiger partial charge in [-0.05, 0) is 39.4 Å². The lowest BCUT2D eigenvalue weighted by Crippen LogP contribution is -2.35. The maximum atomic E-state index is 9.41. The number of ether oxygens (including phenoxy) is 1. The molecule has 150 valence electrons. The predicted molar refractivity (Wildman–Crippen MR) is 114 cm³/mol. The van der Waals surface area contributed by atoms with Gasteiger partial charge in [0.05, 0.1) is 5.56 Å². The molecule has 27 heavy (non-hydrogen) atoms. The minimum absolute atomic E-state index is 0. The average molecular weight is 414 g/mol. The molecule has 4 N–H and O–H groups in total. The van der Waals surface area contributed by atoms with Gasteiger partial charge in [-0.25, -0.2) is 0 Å². The fourth-order valence-electron chi connectivity index (χ4n) is 2.52. The van der Waals surface area contributed by atoms with Crippen molar-refractivity contribution < 1.29 is 10.2 Å². The van der Waals surface area contributed by atoms with Crippen molar-refractivity contribution in [3.8, 4) is 11.8 Å². The second-order valence-corrected chi connectivity index (χ2v) is 6.63. The van der Waals surface area contributed by atoms with Crippen LogP contribution in [0.3, 0.4) is 0 Å². The summed E-state index contributed by atoms with van der Waals surface area (Å²) in [5.41, 5.74) is 8.22. The SMILES string of the molecule is CC(Oc1c(C#N)cccc1C(C)(C)N)N(C)Cc1ccccc1.Cl.Cl.O. The molecule has 0 aliphatic heterocycles. The van der Waals surface area contributed by atoms with Gasteiger partial charge < -0.3 is 15.9 Å². The smallest absolute Gasteiger partial charge is 0.149 e. The van der Waals surface area contributed by atoms with Crippen molar-refractivity contribution in [3.63, 3.8) is 0 Å². The van der Waals surface area contributed by atoms with E-state index >= 15 is 0 Å². The zero-order chi connectivity index (χ0) is 17.7. The third-order valence-corrected chi connectivity index (χ3v) is 4.01. The Hall–Kier alpha value is -1.81. The molecule has 0 amide bonds. The molecule has 0 heterocycles. The predicted octanol–water partition coefficient (Wildman–Crippen LogP) is 3.63. The molecule has 1 unspecified atom stereocenters. The molecular weight excluding hydrogens is 385 g/mol. The van der Waals surface area contributed by atoms with Crippen LogP contribution < -0.4 is 10.5 Å². The molecule has 0 radical (unpaired) electrons. The Labute approximate surface area is 174 Å². The molecule has 0 bridgehead atoms. The van der Waals surface area contributed by atoms with E-state index in [1.807, 2.05) is 58.2 Å². The number of nitrogens with zero attached hydrogens (tertiary/aromatic N) is 2. The minimum atomic E-state index is -0.583. The monoisotopic (exact) mass is 413 g/mol. The molecular formula is C20H29Cl2N3O2. The molecule has 0 saturated carbocycles. The third-order valence-electron chi connectivity index (χ3n) is 4.01. The zero-order valence-corrected chi connectivity index (χ0v) is 17.7. The molecule has 0 fully saturated rings. The van der Waals surface area contributed by atoms with Gasteiger partial charge in [-0.15, -0.1) is 24.8 Å². The fraction of sp³-hybridized carbons (Fsp3) is 0.350. The van der Waals surface area contributed by atoms with Crippen molar-refractivity contribution in [1.29, 1.82) is 5.26 Å².